The number of nitrogens with one attached hydrogen (secondary N) is 1. The lowest BCUT2D eigenvalue weighted by Gasteiger charge is -2.28. The first-order valence-electron chi connectivity index (χ1n) is 11.6. The van der Waals surface area contributed by atoms with Crippen molar-refractivity contribution in [1.29, 1.82) is 0 Å². The van der Waals surface area contributed by atoms with E-state index in [0.29, 0.717) is 30.2 Å². The Bertz CT molecular complexity index is 1190. The number of fused-ring (bicyclic) bond motifs is 1. The van der Waals surface area contributed by atoms with Crippen LogP contribution in [0.3, 0.4) is 0 Å². The molecule has 4 rings (SSSR count). The maximum atomic E-state index is 13.3. The lowest BCUT2D eigenvalue weighted by molar-refractivity contribution is -0.117. The average Bonchev–Trinajstić information content (AvgIpc) is 3.19. The van der Waals surface area contributed by atoms with E-state index in [-0.39, 0.29) is 18.2 Å². The fraction of sp³-hybridized carbons (Fsp3) is 0.286. The van der Waals surface area contributed by atoms with Crippen LogP contribution >= 0.6 is 0 Å². The topological polar surface area (TPSA) is 67.9 Å². The first-order valence-corrected chi connectivity index (χ1v) is 11.6. The molecule has 0 fully saturated rings. The van der Waals surface area contributed by atoms with E-state index < -0.39 is 6.04 Å². The van der Waals surface area contributed by atoms with Gasteiger partial charge in [0.15, 0.2) is 11.5 Å². The predicted octanol–water partition coefficient (Wildman–Crippen LogP) is 5.38. The summed E-state index contributed by atoms with van der Waals surface area (Å²) in [5.74, 6) is 0.979. The summed E-state index contributed by atoms with van der Waals surface area (Å²) in [5, 5.41) is 3.05. The standard InChI is InChI=1S/C28H30N2O4/c1-4-19-10-7-9-13-23(19)29-27(31)17-24(20-14-15-25(34-5-2)26(16-20)33-3)30-18-21-11-6-8-12-22(21)28(30)32/h6-16,24H,4-5,17-18H2,1-3H3,(H,29,31). The van der Waals surface area contributed by atoms with Crippen LogP contribution in [0.4, 0.5) is 5.69 Å². The van der Waals surface area contributed by atoms with Crippen LogP contribution in [-0.2, 0) is 17.8 Å². The molecular weight excluding hydrogens is 428 g/mol. The molecule has 176 valence electrons. The quantitative estimate of drug-likeness (QED) is 0.467. The van der Waals surface area contributed by atoms with Gasteiger partial charge in [-0.3, -0.25) is 9.59 Å². The number of hydrogen-bond acceptors (Lipinski definition) is 4. The highest BCUT2D eigenvalue weighted by Crippen LogP contribution is 2.37. The maximum absolute atomic E-state index is 13.3. The molecular formula is C28H30N2O4. The molecule has 3 aromatic carbocycles. The van der Waals surface area contributed by atoms with Crippen LogP contribution in [0.5, 0.6) is 11.5 Å². The molecule has 0 saturated carbocycles. The number of ether oxygens (including phenoxy) is 2. The number of nitrogens with zero attached hydrogens (tertiary/aromatic N) is 1. The lowest BCUT2D eigenvalue weighted by Crippen LogP contribution is -2.32. The Balaban J connectivity index is 1.66. The number of methoxy groups -OCH3 is 1. The van der Waals surface area contributed by atoms with Crippen molar-refractivity contribution in [1.82, 2.24) is 4.90 Å². The molecule has 3 aromatic rings. The zero-order valence-electron chi connectivity index (χ0n) is 19.8. The third kappa shape index (κ3) is 4.76. The monoisotopic (exact) mass is 458 g/mol. The third-order valence-electron chi connectivity index (χ3n) is 6.15. The minimum atomic E-state index is -0.460. The number of aryl methyl sites for hydroxylation is 1. The Morgan fingerprint density at radius 2 is 1.79 bits per heavy atom. The number of hydrogen-bond donors (Lipinski definition) is 1. The number of carbonyl (C=O) groups excluding carboxylic acids is 2. The molecule has 0 saturated heterocycles. The second-order valence-electron chi connectivity index (χ2n) is 8.21. The zero-order chi connectivity index (χ0) is 24.1. The first-order chi connectivity index (χ1) is 16.5. The van der Waals surface area contributed by atoms with E-state index in [4.69, 9.17) is 9.47 Å². The summed E-state index contributed by atoms with van der Waals surface area (Å²) < 4.78 is 11.2. The van der Waals surface area contributed by atoms with Gasteiger partial charge in [0, 0.05) is 17.8 Å². The van der Waals surface area contributed by atoms with Gasteiger partial charge in [0.25, 0.3) is 5.91 Å². The molecule has 0 aliphatic carbocycles. The highest BCUT2D eigenvalue weighted by atomic mass is 16.5. The molecule has 0 radical (unpaired) electrons. The number of benzene rings is 3. The van der Waals surface area contributed by atoms with Crippen molar-refractivity contribution < 1.29 is 19.1 Å². The highest BCUT2D eigenvalue weighted by molar-refractivity contribution is 5.99. The second-order valence-corrected chi connectivity index (χ2v) is 8.21. The minimum Gasteiger partial charge on any atom is -0.493 e. The van der Waals surface area contributed by atoms with Crippen molar-refractivity contribution in [2.24, 2.45) is 0 Å². The van der Waals surface area contributed by atoms with E-state index in [1.54, 1.807) is 12.0 Å². The van der Waals surface area contributed by atoms with Crippen molar-refractivity contribution in [2.75, 3.05) is 19.0 Å². The summed E-state index contributed by atoms with van der Waals surface area (Å²) in [6, 6.07) is 20.5. The molecule has 0 bridgehead atoms. The molecule has 2 amide bonds. The van der Waals surface area contributed by atoms with Gasteiger partial charge in [0.2, 0.25) is 5.91 Å². The summed E-state index contributed by atoms with van der Waals surface area (Å²) in [7, 11) is 1.59. The summed E-state index contributed by atoms with van der Waals surface area (Å²) in [5.41, 5.74) is 4.34. The summed E-state index contributed by atoms with van der Waals surface area (Å²) in [4.78, 5) is 28.3. The summed E-state index contributed by atoms with van der Waals surface area (Å²) >= 11 is 0. The Kier molecular flexibility index (Phi) is 7.16. The summed E-state index contributed by atoms with van der Waals surface area (Å²) in [6.45, 7) is 4.93. The van der Waals surface area contributed by atoms with E-state index in [2.05, 4.69) is 12.2 Å². The van der Waals surface area contributed by atoms with Gasteiger partial charge in [0.1, 0.15) is 0 Å². The number of amides is 2. The van der Waals surface area contributed by atoms with Crippen molar-refractivity contribution in [3.05, 3.63) is 89.0 Å². The van der Waals surface area contributed by atoms with Crippen molar-refractivity contribution in [3.8, 4) is 11.5 Å². The molecule has 1 heterocycles. The van der Waals surface area contributed by atoms with Crippen LogP contribution in [0.1, 0.15) is 53.4 Å². The van der Waals surface area contributed by atoms with E-state index in [1.807, 2.05) is 73.7 Å². The van der Waals surface area contributed by atoms with Crippen LogP contribution in [0, 0.1) is 0 Å². The molecule has 6 nitrogen and oxygen atoms in total. The highest BCUT2D eigenvalue weighted by Gasteiger charge is 2.35. The summed E-state index contributed by atoms with van der Waals surface area (Å²) in [6.07, 6.45) is 0.935. The number of para-hydroxylation sites is 1. The van der Waals surface area contributed by atoms with Crippen LogP contribution < -0.4 is 14.8 Å². The maximum Gasteiger partial charge on any atom is 0.255 e. The lowest BCUT2D eigenvalue weighted by atomic mass is 10.0. The number of rotatable bonds is 9. The van der Waals surface area contributed by atoms with E-state index >= 15 is 0 Å². The first kappa shape index (κ1) is 23.4. The number of anilines is 1. The van der Waals surface area contributed by atoms with Crippen molar-refractivity contribution in [2.45, 2.75) is 39.3 Å². The Labute approximate surface area is 200 Å². The van der Waals surface area contributed by atoms with Crippen molar-refractivity contribution >= 4 is 17.5 Å². The van der Waals surface area contributed by atoms with Crippen LogP contribution in [0.25, 0.3) is 0 Å². The van der Waals surface area contributed by atoms with Crippen LogP contribution in [0.2, 0.25) is 0 Å². The molecule has 1 aliphatic rings. The van der Waals surface area contributed by atoms with Crippen LogP contribution in [0.15, 0.2) is 66.7 Å². The average molecular weight is 459 g/mol. The van der Waals surface area contributed by atoms with Gasteiger partial charge in [-0.15, -0.1) is 0 Å². The SMILES string of the molecule is CCOc1ccc(C(CC(=O)Nc2ccccc2CC)N2Cc3ccccc3C2=O)cc1OC. The molecule has 1 aliphatic heterocycles. The molecule has 1 unspecified atom stereocenters. The normalized spacial score (nSPS) is 13.4. The van der Waals surface area contributed by atoms with Gasteiger partial charge in [-0.05, 0) is 54.3 Å². The minimum absolute atomic E-state index is 0.0739. The fourth-order valence-corrected chi connectivity index (χ4v) is 4.43. The van der Waals surface area contributed by atoms with Gasteiger partial charge in [0.05, 0.1) is 26.2 Å². The van der Waals surface area contributed by atoms with E-state index in [1.165, 1.54) is 0 Å². The smallest absolute Gasteiger partial charge is 0.255 e. The van der Waals surface area contributed by atoms with E-state index in [9.17, 15) is 9.59 Å². The molecule has 0 spiro atoms. The van der Waals surface area contributed by atoms with Crippen molar-refractivity contribution in [3.63, 3.8) is 0 Å². The predicted molar refractivity (Wildman–Crippen MR) is 132 cm³/mol. The second kappa shape index (κ2) is 10.4. The Morgan fingerprint density at radius 3 is 2.53 bits per heavy atom. The largest absolute Gasteiger partial charge is 0.493 e. The fourth-order valence-electron chi connectivity index (χ4n) is 4.43. The Morgan fingerprint density at radius 1 is 1.03 bits per heavy atom. The molecule has 1 atom stereocenters. The molecule has 1 N–H and O–H groups in total. The van der Waals surface area contributed by atoms with Gasteiger partial charge < -0.3 is 19.7 Å². The molecule has 0 aromatic heterocycles. The van der Waals surface area contributed by atoms with Gasteiger partial charge in [-0.2, -0.15) is 0 Å². The van der Waals surface area contributed by atoms with Gasteiger partial charge in [-0.25, -0.2) is 0 Å². The number of carbonyl (C=O) groups is 2. The Hall–Kier alpha value is -3.80. The molecule has 6 heteroatoms. The molecule has 34 heavy (non-hydrogen) atoms. The third-order valence-corrected chi connectivity index (χ3v) is 6.15. The van der Waals surface area contributed by atoms with Gasteiger partial charge in [-0.1, -0.05) is 49.4 Å². The van der Waals surface area contributed by atoms with E-state index in [0.717, 1.165) is 28.8 Å². The zero-order valence-corrected chi connectivity index (χ0v) is 19.8. The van der Waals surface area contributed by atoms with Gasteiger partial charge >= 0.3 is 0 Å². The van der Waals surface area contributed by atoms with Crippen LogP contribution in [-0.4, -0.2) is 30.4 Å².